The van der Waals surface area contributed by atoms with Gasteiger partial charge in [0.25, 0.3) is 5.56 Å². The molecule has 3 rings (SSSR count). The number of nitrogens with zero attached hydrogens (tertiary/aromatic N) is 3. The molecule has 1 atom stereocenters. The second kappa shape index (κ2) is 7.57. The fraction of sp³-hybridized carbons (Fsp3) is 0.500. The van der Waals surface area contributed by atoms with Gasteiger partial charge in [-0.1, -0.05) is 4.40 Å². The first-order valence-corrected chi connectivity index (χ1v) is 9.81. The molecule has 0 spiro atoms. The molecule has 1 aliphatic heterocycles. The molecule has 1 N–H and O–H groups in total. The predicted octanol–water partition coefficient (Wildman–Crippen LogP) is 2.17. The zero-order valence-corrected chi connectivity index (χ0v) is 16.7. The van der Waals surface area contributed by atoms with Crippen molar-refractivity contribution in [2.24, 2.45) is 4.40 Å². The molecule has 2 heterocycles. The molecular formula is C18H23FN4O3S. The van der Waals surface area contributed by atoms with E-state index >= 15 is 0 Å². The van der Waals surface area contributed by atoms with Crippen LogP contribution in [0.3, 0.4) is 0 Å². The molecular weight excluding hydrogens is 371 g/mol. The average molecular weight is 394 g/mol. The molecule has 0 saturated carbocycles. The van der Waals surface area contributed by atoms with E-state index in [-0.39, 0.29) is 5.39 Å². The molecule has 1 saturated heterocycles. The monoisotopic (exact) mass is 394 g/mol. The number of halogens is 1. The molecule has 146 valence electrons. The quantitative estimate of drug-likeness (QED) is 0.636. The van der Waals surface area contributed by atoms with Crippen LogP contribution in [0.4, 0.5) is 10.3 Å². The highest BCUT2D eigenvalue weighted by Gasteiger charge is 2.27. The first-order chi connectivity index (χ1) is 12.7. The van der Waals surface area contributed by atoms with Gasteiger partial charge in [0.1, 0.15) is 21.9 Å². The largest absolute Gasteiger partial charge is 0.591 e. The van der Waals surface area contributed by atoms with Crippen molar-refractivity contribution in [3.05, 3.63) is 33.9 Å². The number of hydrogen-bond donors (Lipinski definition) is 1. The Bertz CT molecular complexity index is 933. The van der Waals surface area contributed by atoms with E-state index in [0.29, 0.717) is 49.0 Å². The third kappa shape index (κ3) is 4.31. The number of hydrogen-bond acceptors (Lipinski definition) is 6. The third-order valence-corrected chi connectivity index (χ3v) is 5.69. The summed E-state index contributed by atoms with van der Waals surface area (Å²) >= 11 is -1.51. The Morgan fingerprint density at radius 2 is 2.04 bits per heavy atom. The number of H-pyrrole nitrogens is 1. The number of ether oxygens (including phenoxy) is 1. The van der Waals surface area contributed by atoms with E-state index in [2.05, 4.69) is 14.4 Å². The molecule has 1 aromatic heterocycles. The lowest BCUT2D eigenvalue weighted by Crippen LogP contribution is -2.38. The van der Waals surface area contributed by atoms with Gasteiger partial charge in [-0.2, -0.15) is 0 Å². The maximum Gasteiger partial charge on any atom is 0.260 e. The van der Waals surface area contributed by atoms with Gasteiger partial charge in [-0.15, -0.1) is 0 Å². The summed E-state index contributed by atoms with van der Waals surface area (Å²) in [4.78, 5) is 21.7. The molecule has 27 heavy (non-hydrogen) atoms. The summed E-state index contributed by atoms with van der Waals surface area (Å²) in [5.41, 5.74) is 0.655. The molecule has 1 aromatic carbocycles. The van der Waals surface area contributed by atoms with Crippen LogP contribution < -0.4 is 10.5 Å². The number of morpholine rings is 1. The summed E-state index contributed by atoms with van der Waals surface area (Å²) < 4.78 is 35.5. The third-order valence-electron chi connectivity index (χ3n) is 4.21. The van der Waals surface area contributed by atoms with Crippen LogP contribution in [0.2, 0.25) is 0 Å². The average Bonchev–Trinajstić information content (AvgIpc) is 2.61. The van der Waals surface area contributed by atoms with Crippen molar-refractivity contribution in [1.29, 1.82) is 0 Å². The summed E-state index contributed by atoms with van der Waals surface area (Å²) in [7, 11) is 0. The Balaban J connectivity index is 2.15. The molecule has 0 bridgehead atoms. The van der Waals surface area contributed by atoms with Crippen molar-refractivity contribution >= 4 is 33.9 Å². The van der Waals surface area contributed by atoms with Gasteiger partial charge in [0.15, 0.2) is 0 Å². The lowest BCUT2D eigenvalue weighted by Gasteiger charge is -2.27. The first kappa shape index (κ1) is 19.8. The second-order valence-corrected chi connectivity index (χ2v) is 9.28. The van der Waals surface area contributed by atoms with E-state index in [9.17, 15) is 13.7 Å². The number of aromatic amines is 1. The number of fused-ring (bicyclic) bond motifs is 1. The smallest absolute Gasteiger partial charge is 0.260 e. The van der Waals surface area contributed by atoms with Gasteiger partial charge in [0.2, 0.25) is 5.95 Å². The SMILES string of the molecule is C/C(=N/[S@+]([O-])C(C)(C)C)c1cc(F)cc2c(=O)[nH]c(N3CCOCC3)nc12. The Labute approximate surface area is 160 Å². The summed E-state index contributed by atoms with van der Waals surface area (Å²) in [5, 5.41) is 0.137. The van der Waals surface area contributed by atoms with Crippen LogP contribution >= 0.6 is 0 Å². The number of anilines is 1. The summed E-state index contributed by atoms with van der Waals surface area (Å²) in [6.45, 7) is 9.37. The zero-order valence-electron chi connectivity index (χ0n) is 15.8. The maximum absolute atomic E-state index is 14.1. The number of nitrogens with one attached hydrogen (secondary N) is 1. The van der Waals surface area contributed by atoms with Gasteiger partial charge in [0, 0.05) is 18.7 Å². The van der Waals surface area contributed by atoms with Crippen LogP contribution in [0.1, 0.15) is 33.3 Å². The Morgan fingerprint density at radius 1 is 1.37 bits per heavy atom. The van der Waals surface area contributed by atoms with Crippen molar-refractivity contribution in [3.63, 3.8) is 0 Å². The Morgan fingerprint density at radius 3 is 2.67 bits per heavy atom. The van der Waals surface area contributed by atoms with E-state index in [1.165, 1.54) is 6.07 Å². The van der Waals surface area contributed by atoms with E-state index in [4.69, 9.17) is 4.74 Å². The topological polar surface area (TPSA) is 93.6 Å². The van der Waals surface area contributed by atoms with E-state index < -0.39 is 27.5 Å². The van der Waals surface area contributed by atoms with Crippen LogP contribution in [0, 0.1) is 5.82 Å². The number of benzene rings is 1. The molecule has 0 aliphatic carbocycles. The summed E-state index contributed by atoms with van der Waals surface area (Å²) in [6.07, 6.45) is 0. The maximum atomic E-state index is 14.1. The Hall–Kier alpha value is -1.97. The molecule has 1 fully saturated rings. The number of aromatic nitrogens is 2. The zero-order chi connectivity index (χ0) is 19.8. The van der Waals surface area contributed by atoms with E-state index in [1.54, 1.807) is 6.92 Å². The minimum Gasteiger partial charge on any atom is -0.591 e. The van der Waals surface area contributed by atoms with E-state index in [1.807, 2.05) is 25.7 Å². The van der Waals surface area contributed by atoms with E-state index in [0.717, 1.165) is 6.07 Å². The summed E-state index contributed by atoms with van der Waals surface area (Å²) in [5.74, 6) is -0.159. The highest BCUT2D eigenvalue weighted by molar-refractivity contribution is 7.91. The minimum absolute atomic E-state index is 0.137. The molecule has 0 amide bonds. The van der Waals surface area contributed by atoms with Gasteiger partial charge >= 0.3 is 0 Å². The molecule has 0 unspecified atom stereocenters. The standard InChI is InChI=1S/C18H23FN4O3S/c1-11(22-27(25)18(2,3)4)13-9-12(19)10-14-15(13)20-17(21-16(14)24)23-5-7-26-8-6-23/h9-10H,5-8H2,1-4H3,(H,20,21,24)/b22-11-/t27-/m1/s1. The van der Waals surface area contributed by atoms with Crippen LogP contribution in [0.15, 0.2) is 21.3 Å². The van der Waals surface area contributed by atoms with Crippen molar-refractivity contribution in [1.82, 2.24) is 9.97 Å². The Kier molecular flexibility index (Phi) is 5.55. The van der Waals surface area contributed by atoms with Crippen molar-refractivity contribution in [2.45, 2.75) is 32.4 Å². The van der Waals surface area contributed by atoms with Crippen molar-refractivity contribution in [3.8, 4) is 0 Å². The summed E-state index contributed by atoms with van der Waals surface area (Å²) in [6, 6.07) is 2.43. The van der Waals surface area contributed by atoms with Gasteiger partial charge in [0.05, 0.1) is 29.8 Å². The fourth-order valence-electron chi connectivity index (χ4n) is 2.71. The molecule has 2 aromatic rings. The van der Waals surface area contributed by atoms with Gasteiger partial charge in [-0.3, -0.25) is 9.78 Å². The molecule has 1 aliphatic rings. The van der Waals surface area contributed by atoms with Crippen LogP contribution in [0.25, 0.3) is 10.9 Å². The predicted molar refractivity (Wildman–Crippen MR) is 105 cm³/mol. The van der Waals surface area contributed by atoms with Gasteiger partial charge in [-0.05, 0) is 39.8 Å². The highest BCUT2D eigenvalue weighted by Crippen LogP contribution is 2.23. The first-order valence-electron chi connectivity index (χ1n) is 8.71. The van der Waals surface area contributed by atoms with Crippen LogP contribution in [-0.2, 0) is 16.1 Å². The van der Waals surface area contributed by atoms with Crippen LogP contribution in [-0.4, -0.2) is 51.3 Å². The van der Waals surface area contributed by atoms with Crippen molar-refractivity contribution < 1.29 is 13.7 Å². The molecule has 7 nitrogen and oxygen atoms in total. The van der Waals surface area contributed by atoms with Crippen molar-refractivity contribution in [2.75, 3.05) is 31.2 Å². The second-order valence-electron chi connectivity index (χ2n) is 7.38. The van der Waals surface area contributed by atoms with Gasteiger partial charge < -0.3 is 14.2 Å². The molecule has 0 radical (unpaired) electrons. The highest BCUT2D eigenvalue weighted by atomic mass is 32.2. The lowest BCUT2D eigenvalue weighted by atomic mass is 10.1. The van der Waals surface area contributed by atoms with Crippen LogP contribution in [0.5, 0.6) is 0 Å². The normalized spacial score (nSPS) is 17.4. The lowest BCUT2D eigenvalue weighted by molar-refractivity contribution is 0.122. The van der Waals surface area contributed by atoms with Gasteiger partial charge in [-0.25, -0.2) is 9.37 Å². The molecule has 9 heteroatoms. The fourth-order valence-corrected chi connectivity index (χ4v) is 3.33. The number of rotatable bonds is 3. The minimum atomic E-state index is -1.51.